The van der Waals surface area contributed by atoms with Crippen LogP contribution in [0.15, 0.2) is 60.4 Å². The van der Waals surface area contributed by atoms with Gasteiger partial charge < -0.3 is 63.1 Å². The number of carbonyl (C=O) groups excluding carboxylic acids is 2. The van der Waals surface area contributed by atoms with Gasteiger partial charge in [0.05, 0.1) is 49.5 Å². The largest absolute Gasteiger partial charge is 0.456 e. The number of esters is 2. The fourth-order valence-electron chi connectivity index (χ4n) is 14.0. The number of hydrogen-bond donors (Lipinski definition) is 4. The Morgan fingerprint density at radius 1 is 0.843 bits per heavy atom. The second-order valence-corrected chi connectivity index (χ2v) is 26.4. The Morgan fingerprint density at radius 2 is 1.55 bits per heavy atom. The Balaban J connectivity index is 0.925. The van der Waals surface area contributed by atoms with Crippen molar-refractivity contribution >= 4 is 11.9 Å². The van der Waals surface area contributed by atoms with Crippen molar-refractivity contribution in [3.05, 3.63) is 60.4 Å². The van der Waals surface area contributed by atoms with Gasteiger partial charge in [-0.1, -0.05) is 141 Å². The highest BCUT2D eigenvalue weighted by molar-refractivity contribution is 5.79. The van der Waals surface area contributed by atoms with Gasteiger partial charge in [0, 0.05) is 51.0 Å². The lowest BCUT2D eigenvalue weighted by Gasteiger charge is -2.50. The van der Waals surface area contributed by atoms with Gasteiger partial charge in [0.2, 0.25) is 5.79 Å². The van der Waals surface area contributed by atoms with Crippen LogP contribution in [0.5, 0.6) is 0 Å². The molecule has 15 nitrogen and oxygen atoms in total. The van der Waals surface area contributed by atoms with Crippen LogP contribution in [0.2, 0.25) is 0 Å². The van der Waals surface area contributed by atoms with Crippen molar-refractivity contribution in [1.29, 1.82) is 0 Å². The maximum atomic E-state index is 13.7. The van der Waals surface area contributed by atoms with Crippen LogP contribution < -0.4 is 0 Å². The van der Waals surface area contributed by atoms with Crippen LogP contribution in [-0.2, 0) is 52.2 Å². The van der Waals surface area contributed by atoms with E-state index in [1.165, 1.54) is 77.4 Å². The minimum atomic E-state index is -1.89. The molecule has 6 saturated heterocycles. The zero-order valence-corrected chi connectivity index (χ0v) is 51.9. The van der Waals surface area contributed by atoms with Gasteiger partial charge in [0.15, 0.2) is 23.3 Å². The van der Waals surface area contributed by atoms with E-state index < -0.39 is 71.7 Å². The summed E-state index contributed by atoms with van der Waals surface area (Å²) < 4.78 is 58.5. The van der Waals surface area contributed by atoms with E-state index in [9.17, 15) is 24.9 Å². The number of allylic oxidation sites excluding steroid dienone is 3. The zero-order chi connectivity index (χ0) is 59.5. The smallest absolute Gasteiger partial charge is 0.342 e. The van der Waals surface area contributed by atoms with Crippen molar-refractivity contribution in [1.82, 2.24) is 0 Å². The summed E-state index contributed by atoms with van der Waals surface area (Å²) in [6.07, 6.45) is 34.5. The highest BCUT2D eigenvalue weighted by Gasteiger charge is 2.56. The molecule has 0 bridgehead atoms. The molecule has 0 saturated carbocycles. The van der Waals surface area contributed by atoms with Crippen molar-refractivity contribution in [3.63, 3.8) is 0 Å². The van der Waals surface area contributed by atoms with Gasteiger partial charge in [-0.2, -0.15) is 0 Å². The van der Waals surface area contributed by atoms with Gasteiger partial charge in [-0.3, -0.25) is 4.79 Å². The molecule has 472 valence electrons. The molecular weight excluding hydrogens is 1060 g/mol. The minimum Gasteiger partial charge on any atom is -0.456 e. The van der Waals surface area contributed by atoms with Gasteiger partial charge in [-0.05, 0) is 127 Å². The number of aliphatic hydroxyl groups excluding tert-OH is 3. The predicted molar refractivity (Wildman–Crippen MR) is 319 cm³/mol. The molecule has 15 heteroatoms. The van der Waals surface area contributed by atoms with E-state index in [0.29, 0.717) is 69.3 Å². The first-order valence-corrected chi connectivity index (χ1v) is 33.1. The second kappa shape index (κ2) is 33.0. The van der Waals surface area contributed by atoms with E-state index in [1.807, 2.05) is 19.1 Å². The number of fused-ring (bicyclic) bond motifs is 1. The van der Waals surface area contributed by atoms with Gasteiger partial charge in [-0.25, -0.2) is 4.79 Å². The summed E-state index contributed by atoms with van der Waals surface area (Å²) in [6.45, 7) is 17.3. The Bertz CT molecular complexity index is 2110. The monoisotopic (exact) mass is 1170 g/mol. The molecule has 17 atom stereocenters. The average Bonchev–Trinajstić information content (AvgIpc) is 4.06. The lowest BCUT2D eigenvalue weighted by Crippen LogP contribution is -2.60. The average molecular weight is 1170 g/mol. The molecule has 1 unspecified atom stereocenters. The summed E-state index contributed by atoms with van der Waals surface area (Å²) in [4.78, 5) is 26.9. The van der Waals surface area contributed by atoms with E-state index in [4.69, 9.17) is 47.7 Å². The summed E-state index contributed by atoms with van der Waals surface area (Å²) in [5, 5.41) is 44.0. The van der Waals surface area contributed by atoms with Crippen LogP contribution in [0.1, 0.15) is 241 Å². The van der Waals surface area contributed by atoms with Crippen molar-refractivity contribution < 1.29 is 72.6 Å². The third kappa shape index (κ3) is 19.6. The van der Waals surface area contributed by atoms with Gasteiger partial charge in [-0.15, -0.1) is 0 Å². The number of carbonyl (C=O) groups is 2. The number of aliphatic hydroxyl groups is 4. The van der Waals surface area contributed by atoms with Crippen LogP contribution in [0.25, 0.3) is 0 Å². The Morgan fingerprint density at radius 3 is 2.27 bits per heavy atom. The van der Waals surface area contributed by atoms with E-state index in [1.54, 1.807) is 12.2 Å². The molecule has 7 heterocycles. The molecule has 7 rings (SSSR count). The Hall–Kier alpha value is -2.80. The third-order valence-electron chi connectivity index (χ3n) is 19.0. The fraction of sp³-hybridized carbons (Fsp3) is 0.824. The second-order valence-electron chi connectivity index (χ2n) is 26.4. The molecule has 0 radical (unpaired) electrons. The van der Waals surface area contributed by atoms with Crippen LogP contribution >= 0.6 is 0 Å². The number of ether oxygens (including phenoxy) is 9. The minimum absolute atomic E-state index is 0.0351. The SMILES string of the molecule is C=C1[C@@H](O)[C@@H]2OC3(CC[C@H](/C=C/[C@@H](C)[C@@H]4CC(C)=C[C@@]5(O[C@H](C[C@@](C)(O)C(=O)O/C=C/C=C/CCCCO)CC[C@H]5OC(=O)CCCCCCCCCCCCCCC)O4)O3)CC[C@H]2O[C@@H]1[C@@H](O)C[C@H](C)[C@H]1O[C@@]2(CCCCO2)CC[C@H]1C. The van der Waals surface area contributed by atoms with Crippen molar-refractivity contribution in [2.24, 2.45) is 17.8 Å². The molecule has 6 fully saturated rings. The maximum absolute atomic E-state index is 13.7. The van der Waals surface area contributed by atoms with Crippen LogP contribution in [0.4, 0.5) is 0 Å². The molecule has 0 aromatic rings. The topological polar surface area (TPSA) is 198 Å². The van der Waals surface area contributed by atoms with E-state index in [-0.39, 0.29) is 49.1 Å². The van der Waals surface area contributed by atoms with Gasteiger partial charge >= 0.3 is 11.9 Å². The molecule has 0 aliphatic carbocycles. The molecule has 0 amide bonds. The normalized spacial score (nSPS) is 35.0. The first kappa shape index (κ1) is 67.7. The number of unbranched alkanes of at least 4 members (excludes halogenated alkanes) is 14. The van der Waals surface area contributed by atoms with Gasteiger partial charge in [0.1, 0.15) is 18.3 Å². The maximum Gasteiger partial charge on any atom is 0.342 e. The van der Waals surface area contributed by atoms with Crippen LogP contribution in [0.3, 0.4) is 0 Å². The van der Waals surface area contributed by atoms with E-state index in [0.717, 1.165) is 82.8 Å². The number of rotatable bonds is 31. The molecule has 0 aromatic heterocycles. The first-order chi connectivity index (χ1) is 39.9. The molecule has 4 N–H and O–H groups in total. The molecule has 7 aliphatic heterocycles. The van der Waals surface area contributed by atoms with E-state index >= 15 is 0 Å². The summed E-state index contributed by atoms with van der Waals surface area (Å²) in [7, 11) is 0. The lowest BCUT2D eigenvalue weighted by molar-refractivity contribution is -0.322. The van der Waals surface area contributed by atoms with Gasteiger partial charge in [0.25, 0.3) is 0 Å². The van der Waals surface area contributed by atoms with Crippen molar-refractivity contribution in [2.45, 2.75) is 325 Å². The highest BCUT2D eigenvalue weighted by atomic mass is 16.7. The lowest BCUT2D eigenvalue weighted by atomic mass is 9.79. The zero-order valence-electron chi connectivity index (χ0n) is 51.9. The van der Waals surface area contributed by atoms with Crippen molar-refractivity contribution in [3.8, 4) is 0 Å². The molecule has 3 spiro atoms. The predicted octanol–water partition coefficient (Wildman–Crippen LogP) is 12.9. The third-order valence-corrected chi connectivity index (χ3v) is 19.0. The molecular formula is C68H110O15. The first-order valence-electron chi connectivity index (χ1n) is 33.1. The van der Waals surface area contributed by atoms with E-state index in [2.05, 4.69) is 46.4 Å². The summed E-state index contributed by atoms with van der Waals surface area (Å²) in [6, 6.07) is 0. The Kier molecular flexibility index (Phi) is 26.9. The highest BCUT2D eigenvalue weighted by Crippen LogP contribution is 2.48. The number of hydrogen-bond acceptors (Lipinski definition) is 15. The summed E-state index contributed by atoms with van der Waals surface area (Å²) in [5.74, 6) is -3.75. The molecule has 83 heavy (non-hydrogen) atoms. The fourth-order valence-corrected chi connectivity index (χ4v) is 14.0. The van der Waals surface area contributed by atoms with Crippen LogP contribution in [-0.4, -0.2) is 130 Å². The van der Waals surface area contributed by atoms with Crippen LogP contribution in [0, 0.1) is 17.8 Å². The summed E-state index contributed by atoms with van der Waals surface area (Å²) >= 11 is 0. The standard InChI is InChI=1S/C68H110O15/c1-8-9-10-11-12-13-14-15-16-17-18-21-24-29-59(71)78-58-33-32-54(47-65(7,74)64(73)75-42-27-23-20-19-22-26-41-69)80-68(58)46-48(2)44-57(81-68)49(3)30-31-53-35-39-67(79-53)40-36-56-63(83-67)60(72)52(6)62(77-56)55(70)45-51(5)61-50(4)34-38-66(82-61)37-25-28-43-76-66/h20,23,27,30-31,42,46,49-51,53-58,60-63,69-70,72,74H,6,8-19,21-22,24-26,28-29,32-41,43-45,47H2,1-5,7H3/b23-20+,31-30+,42-27+/t49-,50-,51+,53+,54+,55+,56-,57+,58-,60-,61+,62+,63-,65-,66+,67?,68-/m1/s1. The summed E-state index contributed by atoms with van der Waals surface area (Å²) in [5.41, 5.74) is -0.463. The van der Waals surface area contributed by atoms with Crippen molar-refractivity contribution in [2.75, 3.05) is 13.2 Å². The molecule has 0 aromatic carbocycles. The Labute approximate surface area is 498 Å². The molecule has 7 aliphatic rings. The quantitative estimate of drug-likeness (QED) is 0.0168.